The van der Waals surface area contributed by atoms with Crippen molar-refractivity contribution in [2.45, 2.75) is 12.1 Å². The fourth-order valence-corrected chi connectivity index (χ4v) is 4.83. The molecule has 4 aromatic rings. The topological polar surface area (TPSA) is 52.0 Å². The van der Waals surface area contributed by atoms with E-state index in [1.54, 1.807) is 6.33 Å². The van der Waals surface area contributed by atoms with Crippen LogP contribution in [0.3, 0.4) is 0 Å². The van der Waals surface area contributed by atoms with E-state index in [-0.39, 0.29) is 6.04 Å². The molecular weight excluding hydrogens is 431 g/mol. The van der Waals surface area contributed by atoms with Crippen LogP contribution in [0.15, 0.2) is 84.7 Å². The van der Waals surface area contributed by atoms with Crippen molar-refractivity contribution >= 4 is 34.8 Å². The maximum Gasteiger partial charge on any atom is 0.226 e. The van der Waals surface area contributed by atoms with Crippen molar-refractivity contribution in [3.63, 3.8) is 0 Å². The quantitative estimate of drug-likeness (QED) is 0.401. The molecule has 152 valence electrons. The van der Waals surface area contributed by atoms with E-state index in [1.165, 1.54) is 0 Å². The highest BCUT2D eigenvalue weighted by Gasteiger charge is 2.41. The number of hydrogen-bond acceptors (Lipinski definition) is 4. The lowest BCUT2D eigenvalue weighted by atomic mass is 9.84. The van der Waals surface area contributed by atoms with Gasteiger partial charge in [0.05, 0.1) is 5.70 Å². The summed E-state index contributed by atoms with van der Waals surface area (Å²) in [5, 5.41) is 9.28. The third-order valence-electron chi connectivity index (χ3n) is 5.71. The standard InChI is InChI=1S/C24H16Cl2N4O/c25-17-10-4-1-7-14(17)22-20-21(29-24-27-13-28-30(22)24)16-9-3-6-12-19(16)31-23(20)15-8-2-5-11-18(15)26/h1-13,22-23H,(H,27,28,29)/t22-,23+/m0/s1. The molecule has 2 aliphatic heterocycles. The highest BCUT2D eigenvalue weighted by molar-refractivity contribution is 6.31. The molecule has 0 saturated carbocycles. The normalized spacial score (nSPS) is 19.0. The Kier molecular flexibility index (Phi) is 4.26. The predicted octanol–water partition coefficient (Wildman–Crippen LogP) is 6.14. The molecule has 0 radical (unpaired) electrons. The van der Waals surface area contributed by atoms with Gasteiger partial charge in [0.15, 0.2) is 6.10 Å². The van der Waals surface area contributed by atoms with E-state index in [1.807, 2.05) is 77.5 Å². The van der Waals surface area contributed by atoms with Gasteiger partial charge in [0.1, 0.15) is 18.1 Å². The first-order chi connectivity index (χ1) is 15.2. The molecule has 31 heavy (non-hydrogen) atoms. The van der Waals surface area contributed by atoms with E-state index in [2.05, 4.69) is 15.4 Å². The van der Waals surface area contributed by atoms with E-state index in [9.17, 15) is 0 Å². The molecule has 1 N–H and O–H groups in total. The summed E-state index contributed by atoms with van der Waals surface area (Å²) in [6, 6.07) is 23.2. The lowest BCUT2D eigenvalue weighted by molar-refractivity contribution is 0.223. The van der Waals surface area contributed by atoms with Gasteiger partial charge in [0.2, 0.25) is 5.95 Å². The van der Waals surface area contributed by atoms with Crippen molar-refractivity contribution in [3.8, 4) is 5.75 Å². The number of hydrogen-bond donors (Lipinski definition) is 1. The van der Waals surface area contributed by atoms with Crippen LogP contribution < -0.4 is 10.1 Å². The smallest absolute Gasteiger partial charge is 0.226 e. The van der Waals surface area contributed by atoms with Crippen molar-refractivity contribution < 1.29 is 4.74 Å². The van der Waals surface area contributed by atoms with Crippen LogP contribution in [0, 0.1) is 0 Å². The van der Waals surface area contributed by atoms with Crippen molar-refractivity contribution in [2.24, 2.45) is 0 Å². The molecule has 0 aliphatic carbocycles. The summed E-state index contributed by atoms with van der Waals surface area (Å²) in [5.74, 6) is 1.43. The Morgan fingerprint density at radius 3 is 2.29 bits per heavy atom. The lowest BCUT2D eigenvalue weighted by Gasteiger charge is -2.39. The zero-order chi connectivity index (χ0) is 20.9. The van der Waals surface area contributed by atoms with E-state index in [0.717, 1.165) is 33.7 Å². The first-order valence-corrected chi connectivity index (χ1v) is 10.6. The van der Waals surface area contributed by atoms with Crippen LogP contribution in [-0.4, -0.2) is 14.8 Å². The number of aromatic nitrogens is 3. The van der Waals surface area contributed by atoms with Gasteiger partial charge in [-0.25, -0.2) is 4.68 Å². The molecule has 0 saturated heterocycles. The molecule has 5 nitrogen and oxygen atoms in total. The van der Waals surface area contributed by atoms with Gasteiger partial charge in [0, 0.05) is 26.7 Å². The van der Waals surface area contributed by atoms with Gasteiger partial charge in [-0.1, -0.05) is 71.7 Å². The number of benzene rings is 3. The zero-order valence-electron chi connectivity index (χ0n) is 16.2. The summed E-state index contributed by atoms with van der Waals surface area (Å²) in [6.07, 6.45) is 1.12. The van der Waals surface area contributed by atoms with Crippen molar-refractivity contribution in [1.29, 1.82) is 0 Å². The number of nitrogens with zero attached hydrogens (tertiary/aromatic N) is 3. The average Bonchev–Trinajstić information content (AvgIpc) is 3.26. The molecule has 0 spiro atoms. The monoisotopic (exact) mass is 446 g/mol. The Balaban J connectivity index is 1.67. The fraction of sp³-hybridized carbons (Fsp3) is 0.0833. The Hall–Kier alpha value is -3.28. The number of anilines is 1. The zero-order valence-corrected chi connectivity index (χ0v) is 17.7. The highest BCUT2D eigenvalue weighted by Crippen LogP contribution is 2.52. The van der Waals surface area contributed by atoms with Gasteiger partial charge in [-0.2, -0.15) is 10.1 Å². The highest BCUT2D eigenvalue weighted by atomic mass is 35.5. The van der Waals surface area contributed by atoms with E-state index in [4.69, 9.17) is 27.9 Å². The molecule has 6 rings (SSSR count). The minimum absolute atomic E-state index is 0.308. The summed E-state index contributed by atoms with van der Waals surface area (Å²) in [7, 11) is 0. The molecule has 7 heteroatoms. The van der Waals surface area contributed by atoms with Gasteiger partial charge in [-0.3, -0.25) is 0 Å². The minimum atomic E-state index is -0.426. The molecule has 0 fully saturated rings. The number of para-hydroxylation sites is 1. The second kappa shape index (κ2) is 7.15. The average molecular weight is 447 g/mol. The summed E-state index contributed by atoms with van der Waals surface area (Å²) in [6.45, 7) is 0. The molecule has 0 bridgehead atoms. The third-order valence-corrected chi connectivity index (χ3v) is 6.40. The third kappa shape index (κ3) is 2.85. The first kappa shape index (κ1) is 18.5. The van der Waals surface area contributed by atoms with Crippen LogP contribution in [0.5, 0.6) is 5.75 Å². The van der Waals surface area contributed by atoms with Gasteiger partial charge < -0.3 is 10.1 Å². The Labute approximate surface area is 188 Å². The van der Waals surface area contributed by atoms with Gasteiger partial charge >= 0.3 is 0 Å². The fourth-order valence-electron chi connectivity index (χ4n) is 4.36. The Morgan fingerprint density at radius 2 is 1.52 bits per heavy atom. The first-order valence-electron chi connectivity index (χ1n) is 9.88. The molecule has 0 unspecified atom stereocenters. The molecule has 0 amide bonds. The number of fused-ring (bicyclic) bond motifs is 3. The van der Waals surface area contributed by atoms with Crippen molar-refractivity contribution in [1.82, 2.24) is 14.8 Å². The van der Waals surface area contributed by atoms with Crippen LogP contribution in [-0.2, 0) is 0 Å². The van der Waals surface area contributed by atoms with E-state index >= 15 is 0 Å². The maximum atomic E-state index is 6.68. The lowest BCUT2D eigenvalue weighted by Crippen LogP contribution is -2.32. The van der Waals surface area contributed by atoms with Crippen LogP contribution in [0.1, 0.15) is 28.8 Å². The summed E-state index contributed by atoms with van der Waals surface area (Å²) < 4.78 is 8.41. The Bertz CT molecular complexity index is 1350. The van der Waals surface area contributed by atoms with Crippen LogP contribution in [0.4, 0.5) is 5.95 Å². The Morgan fingerprint density at radius 1 is 0.839 bits per heavy atom. The van der Waals surface area contributed by atoms with Gasteiger partial charge in [-0.15, -0.1) is 0 Å². The van der Waals surface area contributed by atoms with Crippen LogP contribution in [0.2, 0.25) is 10.0 Å². The summed E-state index contributed by atoms with van der Waals surface area (Å²) >= 11 is 13.3. The maximum absolute atomic E-state index is 6.68. The molecule has 3 aromatic carbocycles. The molecule has 2 aliphatic rings. The second-order valence-electron chi connectivity index (χ2n) is 7.42. The predicted molar refractivity (Wildman–Crippen MR) is 121 cm³/mol. The van der Waals surface area contributed by atoms with Crippen molar-refractivity contribution in [2.75, 3.05) is 5.32 Å². The molecule has 3 heterocycles. The minimum Gasteiger partial charge on any atom is -0.480 e. The van der Waals surface area contributed by atoms with E-state index in [0.29, 0.717) is 16.0 Å². The van der Waals surface area contributed by atoms with Gasteiger partial charge in [-0.05, 0) is 29.8 Å². The second-order valence-corrected chi connectivity index (χ2v) is 8.24. The number of nitrogens with one attached hydrogen (secondary N) is 1. The summed E-state index contributed by atoms with van der Waals surface area (Å²) in [5.41, 5.74) is 4.70. The molecular formula is C24H16Cl2N4O. The number of halogens is 2. The number of ether oxygens (including phenoxy) is 1. The number of rotatable bonds is 2. The SMILES string of the molecule is Clc1ccccc1[C@H]1C2=C(Nc3ncnn31)c1ccccc1O[C@@H]2c1ccccc1Cl. The summed E-state index contributed by atoms with van der Waals surface area (Å²) in [4.78, 5) is 4.44. The van der Waals surface area contributed by atoms with Crippen LogP contribution >= 0.6 is 23.2 Å². The van der Waals surface area contributed by atoms with Crippen molar-refractivity contribution in [3.05, 3.63) is 111 Å². The molecule has 1 aromatic heterocycles. The van der Waals surface area contributed by atoms with E-state index < -0.39 is 6.10 Å². The van der Waals surface area contributed by atoms with Gasteiger partial charge in [0.25, 0.3) is 0 Å². The largest absolute Gasteiger partial charge is 0.480 e. The molecule has 2 atom stereocenters. The van der Waals surface area contributed by atoms with Crippen LogP contribution in [0.25, 0.3) is 5.70 Å².